The first-order chi connectivity index (χ1) is 14.7. The number of ether oxygens (including phenoxy) is 1. The van der Waals surface area contributed by atoms with Gasteiger partial charge in [-0.05, 0) is 43.5 Å². The Morgan fingerprint density at radius 2 is 1.47 bits per heavy atom. The summed E-state index contributed by atoms with van der Waals surface area (Å²) in [6.45, 7) is 5.65. The molecule has 154 valence electrons. The van der Waals surface area contributed by atoms with Gasteiger partial charge in [0.25, 0.3) is 11.9 Å². The highest BCUT2D eigenvalue weighted by molar-refractivity contribution is 6.01. The van der Waals surface area contributed by atoms with Crippen molar-refractivity contribution in [3.63, 3.8) is 0 Å². The fraction of sp³-hybridized carbons (Fsp3) is 0.231. The fourth-order valence-electron chi connectivity index (χ4n) is 3.13. The molecule has 0 fully saturated rings. The maximum absolute atomic E-state index is 12.8. The van der Waals surface area contributed by atoms with E-state index in [9.17, 15) is 4.79 Å². The molecular formula is C26H28N2O2. The molecule has 0 unspecified atom stereocenters. The zero-order chi connectivity index (χ0) is 21.2. The van der Waals surface area contributed by atoms with Crippen LogP contribution in [0.3, 0.4) is 0 Å². The molecule has 0 saturated carbocycles. The smallest absolute Gasteiger partial charge is 0.295 e. The molecule has 0 aliphatic heterocycles. The van der Waals surface area contributed by atoms with E-state index in [1.54, 1.807) is 12.1 Å². The molecule has 0 aliphatic rings. The average Bonchev–Trinajstić information content (AvgIpc) is 2.78. The second-order valence-electron chi connectivity index (χ2n) is 7.14. The standard InChI is InChI=1S/C26H28N2O2/c1-3-30-26(27-25(29)24-16-14-21(2)15-17-24)28(20-23-12-8-5-9-13-23)19-18-22-10-6-4-7-11-22/h4-17H,3,18-20H2,1-2H3. The summed E-state index contributed by atoms with van der Waals surface area (Å²) in [4.78, 5) is 19.2. The monoisotopic (exact) mass is 400 g/mol. The van der Waals surface area contributed by atoms with Crippen molar-refractivity contribution in [3.8, 4) is 0 Å². The highest BCUT2D eigenvalue weighted by Crippen LogP contribution is 2.11. The van der Waals surface area contributed by atoms with Crippen molar-refractivity contribution in [3.05, 3.63) is 107 Å². The number of hydrogen-bond acceptors (Lipinski definition) is 2. The average molecular weight is 401 g/mol. The van der Waals surface area contributed by atoms with Crippen LogP contribution in [0.1, 0.15) is 34.0 Å². The van der Waals surface area contributed by atoms with Crippen LogP contribution in [-0.4, -0.2) is 30.0 Å². The number of aliphatic imine (C=N–C) groups is 1. The lowest BCUT2D eigenvalue weighted by Gasteiger charge is -2.25. The van der Waals surface area contributed by atoms with Crippen LogP contribution in [0.2, 0.25) is 0 Å². The molecule has 0 bridgehead atoms. The van der Waals surface area contributed by atoms with Crippen molar-refractivity contribution in [1.29, 1.82) is 0 Å². The third-order valence-electron chi connectivity index (χ3n) is 4.77. The molecule has 0 heterocycles. The molecule has 3 aromatic carbocycles. The fourth-order valence-corrected chi connectivity index (χ4v) is 3.13. The first kappa shape index (κ1) is 21.3. The van der Waals surface area contributed by atoms with Crippen molar-refractivity contribution in [1.82, 2.24) is 4.90 Å². The van der Waals surface area contributed by atoms with E-state index in [2.05, 4.69) is 29.3 Å². The molecule has 3 rings (SSSR count). The number of nitrogens with zero attached hydrogens (tertiary/aromatic N) is 2. The minimum absolute atomic E-state index is 0.295. The van der Waals surface area contributed by atoms with Crippen molar-refractivity contribution < 1.29 is 9.53 Å². The lowest BCUT2D eigenvalue weighted by Crippen LogP contribution is -2.35. The van der Waals surface area contributed by atoms with Crippen LogP contribution in [0.5, 0.6) is 0 Å². The summed E-state index contributed by atoms with van der Waals surface area (Å²) >= 11 is 0. The number of rotatable bonds is 7. The lowest BCUT2D eigenvalue weighted by atomic mass is 10.1. The Hall–Kier alpha value is -3.40. The maximum atomic E-state index is 12.8. The first-order valence-corrected chi connectivity index (χ1v) is 10.3. The van der Waals surface area contributed by atoms with Crippen LogP contribution < -0.4 is 0 Å². The van der Waals surface area contributed by atoms with Crippen LogP contribution in [0.25, 0.3) is 0 Å². The van der Waals surface area contributed by atoms with E-state index in [-0.39, 0.29) is 5.91 Å². The number of benzene rings is 3. The van der Waals surface area contributed by atoms with Gasteiger partial charge in [-0.25, -0.2) is 0 Å². The Labute approximate surface area is 178 Å². The minimum atomic E-state index is -0.295. The summed E-state index contributed by atoms with van der Waals surface area (Å²) in [5, 5.41) is 0. The van der Waals surface area contributed by atoms with Crippen LogP contribution in [-0.2, 0) is 17.7 Å². The summed E-state index contributed by atoms with van der Waals surface area (Å²) in [6.07, 6.45) is 0.832. The molecule has 0 aliphatic carbocycles. The maximum Gasteiger partial charge on any atom is 0.295 e. The molecule has 3 aromatic rings. The number of amidine groups is 1. The summed E-state index contributed by atoms with van der Waals surface area (Å²) in [5.41, 5.74) is 4.03. The Bertz CT molecular complexity index is 951. The van der Waals surface area contributed by atoms with Gasteiger partial charge in [0.2, 0.25) is 0 Å². The Kier molecular flexibility index (Phi) is 7.78. The molecule has 0 spiro atoms. The van der Waals surface area contributed by atoms with Gasteiger partial charge >= 0.3 is 0 Å². The minimum Gasteiger partial charge on any atom is -0.465 e. The van der Waals surface area contributed by atoms with E-state index in [1.807, 2.05) is 67.3 Å². The van der Waals surface area contributed by atoms with Gasteiger partial charge in [0.1, 0.15) is 0 Å². The molecule has 4 heteroatoms. The third-order valence-corrected chi connectivity index (χ3v) is 4.77. The molecule has 1 amide bonds. The Morgan fingerprint density at radius 3 is 2.07 bits per heavy atom. The molecule has 0 atom stereocenters. The van der Waals surface area contributed by atoms with Gasteiger partial charge in [0.05, 0.1) is 6.61 Å². The predicted molar refractivity (Wildman–Crippen MR) is 122 cm³/mol. The Balaban J connectivity index is 1.85. The Morgan fingerprint density at radius 1 is 0.867 bits per heavy atom. The van der Waals surface area contributed by atoms with E-state index in [4.69, 9.17) is 4.74 Å². The zero-order valence-corrected chi connectivity index (χ0v) is 17.6. The number of carbonyl (C=O) groups is 1. The predicted octanol–water partition coefficient (Wildman–Crippen LogP) is 5.27. The molecule has 0 aromatic heterocycles. The number of aryl methyl sites for hydroxylation is 1. The van der Waals surface area contributed by atoms with Crippen LogP contribution >= 0.6 is 0 Å². The van der Waals surface area contributed by atoms with Gasteiger partial charge in [-0.15, -0.1) is 0 Å². The number of hydrogen-bond donors (Lipinski definition) is 0. The first-order valence-electron chi connectivity index (χ1n) is 10.3. The topological polar surface area (TPSA) is 41.9 Å². The second-order valence-corrected chi connectivity index (χ2v) is 7.14. The van der Waals surface area contributed by atoms with E-state index in [1.165, 1.54) is 5.56 Å². The van der Waals surface area contributed by atoms with Crippen molar-refractivity contribution >= 4 is 11.9 Å². The van der Waals surface area contributed by atoms with Gasteiger partial charge < -0.3 is 9.64 Å². The SMILES string of the molecule is CCOC(=NC(=O)c1ccc(C)cc1)N(CCc1ccccc1)Cc1ccccc1. The van der Waals surface area contributed by atoms with Crippen LogP contribution in [0.15, 0.2) is 89.9 Å². The second kappa shape index (κ2) is 11.0. The summed E-state index contributed by atoms with van der Waals surface area (Å²) in [5.74, 6) is -0.295. The molecule has 30 heavy (non-hydrogen) atoms. The molecular weight excluding hydrogens is 372 g/mol. The van der Waals surface area contributed by atoms with Crippen molar-refractivity contribution in [2.75, 3.05) is 13.2 Å². The highest BCUT2D eigenvalue weighted by atomic mass is 16.5. The zero-order valence-electron chi connectivity index (χ0n) is 17.6. The number of amides is 1. The molecule has 0 N–H and O–H groups in total. The third kappa shape index (κ3) is 6.31. The van der Waals surface area contributed by atoms with Gasteiger partial charge in [-0.2, -0.15) is 4.99 Å². The summed E-state index contributed by atoms with van der Waals surface area (Å²) < 4.78 is 5.84. The quantitative estimate of drug-likeness (QED) is 0.401. The largest absolute Gasteiger partial charge is 0.465 e. The van der Waals surface area contributed by atoms with E-state index in [0.717, 1.165) is 17.5 Å². The lowest BCUT2D eigenvalue weighted by molar-refractivity contribution is 0.0993. The van der Waals surface area contributed by atoms with Crippen molar-refractivity contribution in [2.24, 2.45) is 4.99 Å². The van der Waals surface area contributed by atoms with Gasteiger partial charge in [0, 0.05) is 18.7 Å². The van der Waals surface area contributed by atoms with Crippen LogP contribution in [0, 0.1) is 6.92 Å². The molecule has 4 nitrogen and oxygen atoms in total. The van der Waals surface area contributed by atoms with Gasteiger partial charge in [0.15, 0.2) is 0 Å². The summed E-state index contributed by atoms with van der Waals surface area (Å²) in [7, 11) is 0. The normalized spacial score (nSPS) is 11.2. The van der Waals surface area contributed by atoms with E-state index < -0.39 is 0 Å². The van der Waals surface area contributed by atoms with Gasteiger partial charge in [-0.3, -0.25) is 4.79 Å². The molecule has 0 radical (unpaired) electrons. The van der Waals surface area contributed by atoms with E-state index in [0.29, 0.717) is 31.3 Å². The van der Waals surface area contributed by atoms with Crippen molar-refractivity contribution in [2.45, 2.75) is 26.8 Å². The highest BCUT2D eigenvalue weighted by Gasteiger charge is 2.16. The number of carbonyl (C=O) groups excluding carboxylic acids is 1. The van der Waals surface area contributed by atoms with E-state index >= 15 is 0 Å². The summed E-state index contributed by atoms with van der Waals surface area (Å²) in [6, 6.07) is 28.3. The molecule has 0 saturated heterocycles. The van der Waals surface area contributed by atoms with Crippen LogP contribution in [0.4, 0.5) is 0 Å². The van der Waals surface area contributed by atoms with Gasteiger partial charge in [-0.1, -0.05) is 78.4 Å².